The van der Waals surface area contributed by atoms with Crippen LogP contribution in [0.4, 0.5) is 8.78 Å². The van der Waals surface area contributed by atoms with E-state index in [1.54, 1.807) is 24.3 Å². The van der Waals surface area contributed by atoms with Crippen LogP contribution in [0.25, 0.3) is 11.3 Å². The van der Waals surface area contributed by atoms with Crippen LogP contribution in [0.15, 0.2) is 48.0 Å². The Hall–Kier alpha value is -2.68. The number of sulfone groups is 1. The van der Waals surface area contributed by atoms with E-state index in [-0.39, 0.29) is 24.5 Å². The molecule has 164 valence electrons. The zero-order valence-corrected chi connectivity index (χ0v) is 17.8. The molecule has 1 unspecified atom stereocenters. The lowest BCUT2D eigenvalue weighted by atomic mass is 10.1. The average molecular weight is 448 g/mol. The zero-order valence-electron chi connectivity index (χ0n) is 17.0. The fourth-order valence-corrected chi connectivity index (χ4v) is 3.91. The number of carbonyl (C=O) groups excluding carboxylic acids is 1. The SMILES string of the molecule is CS(=O)(=O)/C=C/C(NC(=O)c1cnc(C[C@H]2CC2(F)F)c(-c2ccccc2)n1)C1CC1. The van der Waals surface area contributed by atoms with Crippen molar-refractivity contribution in [3.8, 4) is 11.3 Å². The molecule has 0 spiro atoms. The highest BCUT2D eigenvalue weighted by atomic mass is 32.2. The average Bonchev–Trinajstić information content (AvgIpc) is 3.63. The number of nitrogens with zero attached hydrogens (tertiary/aromatic N) is 2. The minimum absolute atomic E-state index is 0.0589. The van der Waals surface area contributed by atoms with E-state index in [2.05, 4.69) is 15.3 Å². The van der Waals surface area contributed by atoms with E-state index >= 15 is 0 Å². The van der Waals surface area contributed by atoms with E-state index in [4.69, 9.17) is 0 Å². The Balaban J connectivity index is 1.59. The number of aromatic nitrogens is 2. The van der Waals surface area contributed by atoms with E-state index in [1.165, 1.54) is 12.3 Å². The quantitative estimate of drug-likeness (QED) is 0.670. The van der Waals surface area contributed by atoms with Crippen LogP contribution in [0.5, 0.6) is 0 Å². The Morgan fingerprint density at radius 2 is 1.97 bits per heavy atom. The van der Waals surface area contributed by atoms with E-state index in [9.17, 15) is 22.0 Å². The largest absolute Gasteiger partial charge is 0.344 e. The van der Waals surface area contributed by atoms with Crippen molar-refractivity contribution in [2.24, 2.45) is 11.8 Å². The van der Waals surface area contributed by atoms with E-state index in [0.29, 0.717) is 17.0 Å². The van der Waals surface area contributed by atoms with E-state index < -0.39 is 33.6 Å². The number of halogens is 2. The van der Waals surface area contributed by atoms with Gasteiger partial charge in [-0.3, -0.25) is 9.78 Å². The van der Waals surface area contributed by atoms with Crippen LogP contribution >= 0.6 is 0 Å². The molecule has 1 N–H and O–H groups in total. The Morgan fingerprint density at radius 1 is 1.29 bits per heavy atom. The van der Waals surface area contributed by atoms with Gasteiger partial charge in [0.15, 0.2) is 9.84 Å². The van der Waals surface area contributed by atoms with Gasteiger partial charge in [0.2, 0.25) is 0 Å². The van der Waals surface area contributed by atoms with Gasteiger partial charge in [0, 0.05) is 36.0 Å². The second kappa shape index (κ2) is 8.11. The fraction of sp³-hybridized carbons (Fsp3) is 0.409. The van der Waals surface area contributed by atoms with Gasteiger partial charge >= 0.3 is 0 Å². The molecule has 0 radical (unpaired) electrons. The summed E-state index contributed by atoms with van der Waals surface area (Å²) in [7, 11) is -3.31. The third-order valence-electron chi connectivity index (χ3n) is 5.48. The first-order valence-electron chi connectivity index (χ1n) is 10.1. The van der Waals surface area contributed by atoms with Crippen molar-refractivity contribution in [3.05, 3.63) is 59.4 Å². The van der Waals surface area contributed by atoms with Gasteiger partial charge in [0.25, 0.3) is 11.8 Å². The van der Waals surface area contributed by atoms with Crippen LogP contribution in [-0.4, -0.2) is 42.5 Å². The van der Waals surface area contributed by atoms with Crippen LogP contribution in [-0.2, 0) is 16.3 Å². The molecule has 2 fully saturated rings. The lowest BCUT2D eigenvalue weighted by Gasteiger charge is -2.15. The summed E-state index contributed by atoms with van der Waals surface area (Å²) in [5.74, 6) is -3.73. The first-order chi connectivity index (χ1) is 14.6. The highest BCUT2D eigenvalue weighted by Gasteiger charge is 2.56. The fourth-order valence-electron chi connectivity index (χ4n) is 3.46. The summed E-state index contributed by atoms with van der Waals surface area (Å²) in [6, 6.07) is 8.60. The van der Waals surface area contributed by atoms with Gasteiger partial charge in [-0.25, -0.2) is 22.2 Å². The van der Waals surface area contributed by atoms with Crippen LogP contribution in [0.3, 0.4) is 0 Å². The molecule has 1 aromatic heterocycles. The number of alkyl halides is 2. The molecular weight excluding hydrogens is 424 g/mol. The molecule has 1 aromatic carbocycles. The van der Waals surface area contributed by atoms with Crippen molar-refractivity contribution in [1.82, 2.24) is 15.3 Å². The molecule has 0 saturated heterocycles. The molecule has 2 aliphatic carbocycles. The van der Waals surface area contributed by atoms with Crippen LogP contribution in [0.2, 0.25) is 0 Å². The first kappa shape index (κ1) is 21.5. The van der Waals surface area contributed by atoms with E-state index in [0.717, 1.165) is 24.5 Å². The number of hydrogen-bond acceptors (Lipinski definition) is 5. The maximum absolute atomic E-state index is 13.4. The first-order valence-corrected chi connectivity index (χ1v) is 12.1. The molecule has 6 nitrogen and oxygen atoms in total. The van der Waals surface area contributed by atoms with Crippen molar-refractivity contribution >= 4 is 15.7 Å². The zero-order chi connectivity index (χ0) is 22.2. The van der Waals surface area contributed by atoms with Crippen molar-refractivity contribution in [1.29, 1.82) is 0 Å². The molecule has 1 heterocycles. The maximum atomic E-state index is 13.4. The molecule has 0 bridgehead atoms. The predicted octanol–water partition coefficient (Wildman–Crippen LogP) is 3.41. The number of hydrogen-bond donors (Lipinski definition) is 1. The lowest BCUT2D eigenvalue weighted by Crippen LogP contribution is -2.35. The standard InChI is InChI=1S/C22H23F2N3O3S/c1-31(29,30)10-9-17(14-7-8-14)27-21(28)19-13-25-18(11-16-12-22(16,23)24)20(26-19)15-5-3-2-4-6-15/h2-6,9-10,13-14,16-17H,7-8,11-12H2,1H3,(H,27,28)/b10-9+/t16-,17?/m0/s1. The molecular formula is C22H23F2N3O3S. The Labute approximate surface area is 179 Å². The van der Waals surface area contributed by atoms with Gasteiger partial charge < -0.3 is 5.32 Å². The minimum atomic E-state index is -3.31. The van der Waals surface area contributed by atoms with Gasteiger partial charge in [0.1, 0.15) is 5.69 Å². The summed E-state index contributed by atoms with van der Waals surface area (Å²) < 4.78 is 49.8. The molecule has 9 heteroatoms. The Bertz CT molecular complexity index is 1120. The molecule has 2 aliphatic rings. The number of nitrogens with one attached hydrogen (secondary N) is 1. The highest BCUT2D eigenvalue weighted by molar-refractivity contribution is 7.93. The monoisotopic (exact) mass is 447 g/mol. The second-order valence-corrected chi connectivity index (χ2v) is 10.2. The maximum Gasteiger partial charge on any atom is 0.271 e. The van der Waals surface area contributed by atoms with E-state index in [1.807, 2.05) is 6.07 Å². The van der Waals surface area contributed by atoms with Crippen molar-refractivity contribution in [3.63, 3.8) is 0 Å². The van der Waals surface area contributed by atoms with Crippen LogP contribution in [0.1, 0.15) is 35.4 Å². The van der Waals surface area contributed by atoms with Gasteiger partial charge in [-0.05, 0) is 18.8 Å². The molecule has 31 heavy (non-hydrogen) atoms. The molecule has 2 aromatic rings. The summed E-state index contributed by atoms with van der Waals surface area (Å²) in [5.41, 5.74) is 1.59. The van der Waals surface area contributed by atoms with Crippen molar-refractivity contribution in [2.45, 2.75) is 37.6 Å². The highest BCUT2D eigenvalue weighted by Crippen LogP contribution is 2.50. The summed E-state index contributed by atoms with van der Waals surface area (Å²) >= 11 is 0. The third-order valence-corrected chi connectivity index (χ3v) is 6.14. The summed E-state index contributed by atoms with van der Waals surface area (Å²) in [6.45, 7) is 0. The summed E-state index contributed by atoms with van der Waals surface area (Å²) in [5, 5.41) is 3.91. The van der Waals surface area contributed by atoms with Crippen LogP contribution in [0, 0.1) is 11.8 Å². The van der Waals surface area contributed by atoms with Crippen molar-refractivity contribution < 1.29 is 22.0 Å². The Kier molecular flexibility index (Phi) is 5.63. The molecule has 2 atom stereocenters. The van der Waals surface area contributed by atoms with Crippen LogP contribution < -0.4 is 5.32 Å². The summed E-state index contributed by atoms with van der Waals surface area (Å²) in [6.07, 6.45) is 5.59. The number of benzene rings is 1. The number of amides is 1. The smallest absolute Gasteiger partial charge is 0.271 e. The minimum Gasteiger partial charge on any atom is -0.344 e. The van der Waals surface area contributed by atoms with Gasteiger partial charge in [0.05, 0.1) is 23.6 Å². The van der Waals surface area contributed by atoms with Gasteiger partial charge in [-0.1, -0.05) is 36.4 Å². The normalized spacial score (nSPS) is 21.1. The number of carbonyl (C=O) groups is 1. The van der Waals surface area contributed by atoms with Crippen molar-refractivity contribution in [2.75, 3.05) is 6.26 Å². The summed E-state index contributed by atoms with van der Waals surface area (Å²) in [4.78, 5) is 21.6. The molecule has 1 amide bonds. The number of rotatable bonds is 8. The van der Waals surface area contributed by atoms with Gasteiger partial charge in [-0.2, -0.15) is 0 Å². The third kappa shape index (κ3) is 5.52. The topological polar surface area (TPSA) is 89.0 Å². The molecule has 2 saturated carbocycles. The Morgan fingerprint density at radius 3 is 2.55 bits per heavy atom. The molecule has 4 rings (SSSR count). The second-order valence-electron chi connectivity index (χ2n) is 8.28. The molecule has 0 aliphatic heterocycles. The van der Waals surface area contributed by atoms with Gasteiger partial charge in [-0.15, -0.1) is 0 Å². The lowest BCUT2D eigenvalue weighted by molar-refractivity contribution is 0.0933. The predicted molar refractivity (Wildman–Crippen MR) is 112 cm³/mol.